The van der Waals surface area contributed by atoms with Gasteiger partial charge in [0.25, 0.3) is 0 Å². The Morgan fingerprint density at radius 3 is 1.76 bits per heavy atom. The first-order valence-electron chi connectivity index (χ1n) is 6.98. The molecule has 0 unspecified atom stereocenters. The van der Waals surface area contributed by atoms with E-state index in [-0.39, 0.29) is 11.6 Å². The van der Waals surface area contributed by atoms with Crippen molar-refractivity contribution in [3.8, 4) is 0 Å². The van der Waals surface area contributed by atoms with Crippen LogP contribution in [-0.2, 0) is 9.47 Å². The Hall–Kier alpha value is -2.19. The highest BCUT2D eigenvalue weighted by Gasteiger charge is 2.73. The Bertz CT molecular complexity index is 597. The average molecular weight is 370 g/mol. The monoisotopic (exact) mass is 370 g/mol. The van der Waals surface area contributed by atoms with Gasteiger partial charge in [-0.15, -0.1) is 0 Å². The van der Waals surface area contributed by atoms with E-state index >= 15 is 0 Å². The van der Waals surface area contributed by atoms with Crippen LogP contribution in [0.1, 0.15) is 26.3 Å². The van der Waals surface area contributed by atoms with Crippen LogP contribution in [-0.4, -0.2) is 29.7 Å². The molecular weight excluding hydrogens is 354 g/mol. The molecule has 25 heavy (non-hydrogen) atoms. The highest BCUT2D eigenvalue weighted by atomic mass is 19.4. The lowest BCUT2D eigenvalue weighted by Gasteiger charge is -2.34. The van der Waals surface area contributed by atoms with Crippen molar-refractivity contribution in [1.29, 1.82) is 0 Å². The normalized spacial score (nSPS) is 13.8. The second-order valence-electron chi connectivity index (χ2n) is 6.04. The summed E-state index contributed by atoms with van der Waals surface area (Å²) in [5.41, 5.74) is -6.10. The van der Waals surface area contributed by atoms with Crippen molar-refractivity contribution in [2.75, 3.05) is 0 Å². The maximum Gasteiger partial charge on any atom is 0.510 e. The largest absolute Gasteiger partial charge is 0.510 e. The quantitative estimate of drug-likeness (QED) is 0.520. The van der Waals surface area contributed by atoms with Gasteiger partial charge in [-0.3, -0.25) is 0 Å². The first-order chi connectivity index (χ1) is 11.2. The number of hydrogen-bond acceptors (Lipinski definition) is 3. The highest BCUT2D eigenvalue weighted by Crippen LogP contribution is 2.47. The molecule has 0 radical (unpaired) electrons. The van der Waals surface area contributed by atoms with Gasteiger partial charge in [0.1, 0.15) is 5.60 Å². The van der Waals surface area contributed by atoms with Gasteiger partial charge >= 0.3 is 24.1 Å². The van der Waals surface area contributed by atoms with Crippen LogP contribution >= 0.6 is 0 Å². The number of alkyl halides is 6. The molecule has 1 aromatic rings. The van der Waals surface area contributed by atoms with Crippen molar-refractivity contribution in [1.82, 2.24) is 0 Å². The molecule has 0 atom stereocenters. The minimum Gasteiger partial charge on any atom is -0.429 e. The molecule has 0 heterocycles. The third kappa shape index (κ3) is 5.40. The molecule has 0 amide bonds. The summed E-state index contributed by atoms with van der Waals surface area (Å²) >= 11 is 0. The number of ether oxygens (including phenoxy) is 2. The number of carbonyl (C=O) groups excluding carboxylic acids is 1. The van der Waals surface area contributed by atoms with E-state index in [4.69, 9.17) is 0 Å². The van der Waals surface area contributed by atoms with Gasteiger partial charge in [0.2, 0.25) is 0 Å². The lowest BCUT2D eigenvalue weighted by Crippen LogP contribution is -2.58. The third-order valence-electron chi connectivity index (χ3n) is 2.79. The second-order valence-corrected chi connectivity index (χ2v) is 6.04. The van der Waals surface area contributed by atoms with Crippen LogP contribution in [0, 0.1) is 0 Å². The van der Waals surface area contributed by atoms with E-state index in [1.807, 2.05) is 0 Å². The van der Waals surface area contributed by atoms with Gasteiger partial charge in [0, 0.05) is 0 Å². The highest BCUT2D eigenvalue weighted by molar-refractivity contribution is 5.63. The zero-order chi connectivity index (χ0) is 19.5. The summed E-state index contributed by atoms with van der Waals surface area (Å²) in [6, 6.07) is 6.98. The van der Waals surface area contributed by atoms with Gasteiger partial charge in [-0.2, -0.15) is 26.3 Å². The SMILES string of the molecule is CC(C)(C)OC(=O)OC(C=Cc1ccccc1)(C(F)(F)F)C(F)(F)F. The van der Waals surface area contributed by atoms with Crippen molar-refractivity contribution in [2.45, 2.75) is 44.3 Å². The molecule has 0 saturated heterocycles. The zero-order valence-electron chi connectivity index (χ0n) is 13.5. The van der Waals surface area contributed by atoms with Gasteiger partial charge < -0.3 is 9.47 Å². The van der Waals surface area contributed by atoms with E-state index < -0.39 is 29.7 Å². The van der Waals surface area contributed by atoms with Crippen molar-refractivity contribution in [3.05, 3.63) is 42.0 Å². The Morgan fingerprint density at radius 1 is 0.880 bits per heavy atom. The molecule has 140 valence electrons. The fourth-order valence-electron chi connectivity index (χ4n) is 1.68. The Morgan fingerprint density at radius 2 is 1.36 bits per heavy atom. The summed E-state index contributed by atoms with van der Waals surface area (Å²) in [6.45, 7) is 3.82. The summed E-state index contributed by atoms with van der Waals surface area (Å²) < 4.78 is 87.8. The zero-order valence-corrected chi connectivity index (χ0v) is 13.5. The Kier molecular flexibility index (Phi) is 5.81. The maximum absolute atomic E-state index is 13.3. The van der Waals surface area contributed by atoms with E-state index in [1.165, 1.54) is 51.1 Å². The van der Waals surface area contributed by atoms with Gasteiger partial charge in [-0.05, 0) is 32.4 Å². The van der Waals surface area contributed by atoms with Crippen LogP contribution < -0.4 is 0 Å². The maximum atomic E-state index is 13.3. The standard InChI is InChI=1S/C16H16F6O3/c1-13(2,3)24-12(23)25-14(15(17,18)19,16(20,21)22)10-9-11-7-5-4-6-8-11/h4-10H,1-3H3. The second kappa shape index (κ2) is 6.97. The molecule has 3 nitrogen and oxygen atoms in total. The first-order valence-corrected chi connectivity index (χ1v) is 6.98. The molecule has 0 N–H and O–H groups in total. The molecule has 1 aromatic carbocycles. The molecular formula is C16H16F6O3. The summed E-state index contributed by atoms with van der Waals surface area (Å²) in [4.78, 5) is 11.5. The predicted molar refractivity (Wildman–Crippen MR) is 77.6 cm³/mol. The molecule has 0 aliphatic heterocycles. The Balaban J connectivity index is 3.34. The molecule has 0 fully saturated rings. The smallest absolute Gasteiger partial charge is 0.429 e. The van der Waals surface area contributed by atoms with Crippen molar-refractivity contribution in [3.63, 3.8) is 0 Å². The topological polar surface area (TPSA) is 35.5 Å². The lowest BCUT2D eigenvalue weighted by atomic mass is 10.00. The van der Waals surface area contributed by atoms with Crippen LogP contribution in [0.25, 0.3) is 6.08 Å². The van der Waals surface area contributed by atoms with E-state index in [1.54, 1.807) is 0 Å². The molecule has 0 aliphatic rings. The number of carbonyl (C=O) groups is 1. The average Bonchev–Trinajstić information content (AvgIpc) is 2.39. The Labute approximate surface area is 140 Å². The van der Waals surface area contributed by atoms with E-state index in [0.717, 1.165) is 0 Å². The van der Waals surface area contributed by atoms with Crippen molar-refractivity contribution >= 4 is 12.2 Å². The number of rotatable bonds is 3. The molecule has 0 aromatic heterocycles. The minimum atomic E-state index is -5.95. The van der Waals surface area contributed by atoms with Crippen LogP contribution in [0.3, 0.4) is 0 Å². The number of benzene rings is 1. The first kappa shape index (κ1) is 20.9. The third-order valence-corrected chi connectivity index (χ3v) is 2.79. The van der Waals surface area contributed by atoms with E-state index in [9.17, 15) is 31.1 Å². The van der Waals surface area contributed by atoms with Crippen molar-refractivity contribution in [2.24, 2.45) is 0 Å². The van der Waals surface area contributed by atoms with Crippen LogP contribution in [0.15, 0.2) is 36.4 Å². The van der Waals surface area contributed by atoms with Crippen LogP contribution in [0.5, 0.6) is 0 Å². The molecule has 1 rings (SSSR count). The summed E-state index contributed by atoms with van der Waals surface area (Å²) in [7, 11) is 0. The van der Waals surface area contributed by atoms with Gasteiger partial charge in [-0.1, -0.05) is 36.4 Å². The fourth-order valence-corrected chi connectivity index (χ4v) is 1.68. The summed E-state index contributed by atoms with van der Waals surface area (Å²) in [5, 5.41) is 0. The van der Waals surface area contributed by atoms with Crippen LogP contribution in [0.2, 0.25) is 0 Å². The van der Waals surface area contributed by atoms with Gasteiger partial charge in [0.05, 0.1) is 0 Å². The number of halogens is 6. The minimum absolute atomic E-state index is 0.0631. The van der Waals surface area contributed by atoms with Crippen molar-refractivity contribution < 1.29 is 40.6 Å². The van der Waals surface area contributed by atoms with Gasteiger partial charge in [0.15, 0.2) is 0 Å². The molecule has 0 bridgehead atoms. The summed E-state index contributed by atoms with van der Waals surface area (Å²) in [6.07, 6.45) is -13.7. The van der Waals surface area contributed by atoms with Crippen LogP contribution in [0.4, 0.5) is 31.1 Å². The van der Waals surface area contributed by atoms with Gasteiger partial charge in [-0.25, -0.2) is 4.79 Å². The summed E-state index contributed by atoms with van der Waals surface area (Å²) in [5.74, 6) is 0. The fraction of sp³-hybridized carbons (Fsp3) is 0.438. The molecule has 0 saturated carbocycles. The lowest BCUT2D eigenvalue weighted by molar-refractivity contribution is -0.349. The molecule has 0 aliphatic carbocycles. The number of hydrogen-bond donors (Lipinski definition) is 0. The molecule has 9 heteroatoms. The predicted octanol–water partition coefficient (Wildman–Crippen LogP) is 5.51. The molecule has 0 spiro atoms. The van der Waals surface area contributed by atoms with E-state index in [0.29, 0.717) is 6.08 Å². The van der Waals surface area contributed by atoms with E-state index in [2.05, 4.69) is 9.47 Å².